The maximum Gasteiger partial charge on any atom is 0.416 e. The van der Waals surface area contributed by atoms with Gasteiger partial charge in [-0.2, -0.15) is 18.3 Å². The van der Waals surface area contributed by atoms with Crippen molar-refractivity contribution < 1.29 is 51.4 Å². The van der Waals surface area contributed by atoms with Crippen molar-refractivity contribution in [3.8, 4) is 23.0 Å². The lowest BCUT2D eigenvalue weighted by atomic mass is 9.95. The van der Waals surface area contributed by atoms with Gasteiger partial charge in [0.05, 0.1) is 42.0 Å². The van der Waals surface area contributed by atoms with Crippen molar-refractivity contribution in [1.82, 2.24) is 16.1 Å². The van der Waals surface area contributed by atoms with E-state index in [0.717, 1.165) is 6.07 Å². The van der Waals surface area contributed by atoms with E-state index in [1.54, 1.807) is 26.0 Å². The highest BCUT2D eigenvalue weighted by Gasteiger charge is 2.34. The fourth-order valence-electron chi connectivity index (χ4n) is 4.43. The Hall–Kier alpha value is -6.13. The molecule has 14 nitrogen and oxygen atoms in total. The number of esters is 1. The van der Waals surface area contributed by atoms with Crippen LogP contribution in [0.4, 0.5) is 23.7 Å². The average Bonchev–Trinajstić information content (AvgIpc) is 3.03. The number of carbonyl (C=O) groups excluding carboxylic acids is 3. The molecule has 0 aromatic heterocycles. The second-order valence-electron chi connectivity index (χ2n) is 9.89. The minimum atomic E-state index is -4.76. The van der Waals surface area contributed by atoms with E-state index in [4.69, 9.17) is 18.9 Å². The van der Waals surface area contributed by atoms with Crippen LogP contribution < -0.4 is 30.3 Å². The number of ether oxygens (including phenoxy) is 4. The molecular weight excluding hydrogens is 643 g/mol. The van der Waals surface area contributed by atoms with Gasteiger partial charge in [0.2, 0.25) is 5.75 Å². The molecule has 3 amide bonds. The van der Waals surface area contributed by atoms with Gasteiger partial charge in [-0.05, 0) is 73.5 Å². The predicted octanol–water partition coefficient (Wildman–Crippen LogP) is 5.13. The van der Waals surface area contributed by atoms with Crippen molar-refractivity contribution in [2.24, 2.45) is 5.10 Å². The minimum Gasteiger partial charge on any atom is -0.493 e. The Bertz CT molecular complexity index is 1780. The zero-order valence-electron chi connectivity index (χ0n) is 25.5. The summed E-state index contributed by atoms with van der Waals surface area (Å²) >= 11 is 0. The molecule has 3 aromatic carbocycles. The van der Waals surface area contributed by atoms with Crippen LogP contribution in [0.25, 0.3) is 0 Å². The fourth-order valence-corrected chi connectivity index (χ4v) is 4.43. The number of urea groups is 1. The molecule has 0 unspecified atom stereocenters. The van der Waals surface area contributed by atoms with Crippen molar-refractivity contribution in [1.29, 1.82) is 0 Å². The summed E-state index contributed by atoms with van der Waals surface area (Å²) in [6, 6.07) is 11.1. The lowest BCUT2D eigenvalue weighted by molar-refractivity contribution is -0.385. The lowest BCUT2D eigenvalue weighted by Gasteiger charge is -2.28. The van der Waals surface area contributed by atoms with Gasteiger partial charge in [0, 0.05) is 11.8 Å². The molecule has 0 aliphatic carbocycles. The first-order valence-corrected chi connectivity index (χ1v) is 14.0. The number of amides is 3. The first-order valence-electron chi connectivity index (χ1n) is 14.0. The first kappa shape index (κ1) is 34.7. The Morgan fingerprint density at radius 2 is 1.77 bits per heavy atom. The van der Waals surface area contributed by atoms with Crippen LogP contribution in [0.15, 0.2) is 77.0 Å². The highest BCUT2D eigenvalue weighted by Crippen LogP contribution is 2.38. The van der Waals surface area contributed by atoms with Crippen LogP contribution in [0.5, 0.6) is 23.0 Å². The van der Waals surface area contributed by atoms with Gasteiger partial charge < -0.3 is 29.6 Å². The van der Waals surface area contributed by atoms with Gasteiger partial charge in [-0.15, -0.1) is 0 Å². The van der Waals surface area contributed by atoms with Gasteiger partial charge in [0.15, 0.2) is 18.1 Å². The number of methoxy groups -OCH3 is 1. The van der Waals surface area contributed by atoms with Crippen molar-refractivity contribution in [3.05, 3.63) is 98.7 Å². The smallest absolute Gasteiger partial charge is 0.416 e. The molecule has 4 rings (SSSR count). The number of nitrogens with one attached hydrogen (secondary N) is 3. The molecule has 0 bridgehead atoms. The molecule has 1 aliphatic rings. The third-order valence-electron chi connectivity index (χ3n) is 6.64. The average molecular weight is 672 g/mol. The molecular formula is C31H28F3N5O9. The molecule has 252 valence electrons. The molecule has 3 aromatic rings. The quantitative estimate of drug-likeness (QED) is 0.102. The summed E-state index contributed by atoms with van der Waals surface area (Å²) in [5, 5.41) is 20.4. The van der Waals surface area contributed by atoms with Crippen LogP contribution in [0, 0.1) is 10.1 Å². The number of hydrogen-bond acceptors (Lipinski definition) is 10. The highest BCUT2D eigenvalue weighted by atomic mass is 19.4. The summed E-state index contributed by atoms with van der Waals surface area (Å²) in [6.07, 6.45) is -3.46. The second kappa shape index (κ2) is 15.0. The third kappa shape index (κ3) is 8.56. The third-order valence-corrected chi connectivity index (χ3v) is 6.64. The number of hydrazone groups is 1. The van der Waals surface area contributed by atoms with Crippen molar-refractivity contribution in [2.75, 3.05) is 20.3 Å². The summed E-state index contributed by atoms with van der Waals surface area (Å²) in [5.41, 5.74) is 1.80. The Morgan fingerprint density at radius 1 is 1.06 bits per heavy atom. The largest absolute Gasteiger partial charge is 0.493 e. The summed E-state index contributed by atoms with van der Waals surface area (Å²) in [4.78, 5) is 47.4. The molecule has 0 saturated heterocycles. The molecule has 0 fully saturated rings. The number of allylic oxidation sites excluding steroid dienone is 1. The minimum absolute atomic E-state index is 0.109. The predicted molar refractivity (Wildman–Crippen MR) is 163 cm³/mol. The standard InChI is InChI=1S/C31H28F3N5O9/c1-4-46-29(41)27-17(2)36-30(42)37-28(27)19-7-11-24(25(13-19)45-3)47-16-26(40)38-35-15-18-5-9-21(10-6-18)48-23-12-8-20(31(32,33)34)14-22(23)39(43)44/h5-15,28H,4,16H2,1-3H3,(H,38,40)(H2,36,37,42)/b35-15-/t28-/m0/s1. The number of nitro benzene ring substituents is 1. The van der Waals surface area contributed by atoms with Crippen molar-refractivity contribution in [2.45, 2.75) is 26.1 Å². The molecule has 1 heterocycles. The molecule has 1 atom stereocenters. The van der Waals surface area contributed by atoms with Crippen molar-refractivity contribution >= 4 is 29.8 Å². The van der Waals surface area contributed by atoms with Crippen LogP contribution in [0.2, 0.25) is 0 Å². The van der Waals surface area contributed by atoms with E-state index in [-0.39, 0.29) is 35.2 Å². The SMILES string of the molecule is CCOC(=O)C1=C(C)NC(=O)N[C@H]1c1ccc(OCC(=O)N/N=C\c2ccc(Oc3ccc(C(F)(F)F)cc3[N+](=O)[O-])cc2)c(OC)c1. The normalized spacial score (nSPS) is 14.5. The number of carbonyl (C=O) groups is 3. The van der Waals surface area contributed by atoms with Crippen LogP contribution in [0.3, 0.4) is 0 Å². The Kier molecular flexibility index (Phi) is 10.8. The molecule has 1 aliphatic heterocycles. The van der Waals surface area contributed by atoms with Crippen LogP contribution in [0.1, 0.15) is 36.6 Å². The van der Waals surface area contributed by atoms with E-state index >= 15 is 0 Å². The highest BCUT2D eigenvalue weighted by molar-refractivity contribution is 5.95. The Labute approximate surface area is 270 Å². The monoisotopic (exact) mass is 671 g/mol. The maximum atomic E-state index is 12.9. The van der Waals surface area contributed by atoms with Gasteiger partial charge in [-0.25, -0.2) is 15.0 Å². The van der Waals surface area contributed by atoms with Gasteiger partial charge in [-0.3, -0.25) is 14.9 Å². The van der Waals surface area contributed by atoms with E-state index in [9.17, 15) is 37.7 Å². The number of rotatable bonds is 12. The van der Waals surface area contributed by atoms with Gasteiger partial charge >= 0.3 is 23.9 Å². The van der Waals surface area contributed by atoms with Crippen molar-refractivity contribution in [3.63, 3.8) is 0 Å². The molecule has 17 heteroatoms. The second-order valence-corrected chi connectivity index (χ2v) is 9.89. The molecule has 0 spiro atoms. The first-order chi connectivity index (χ1) is 22.8. The molecule has 0 saturated carbocycles. The summed E-state index contributed by atoms with van der Waals surface area (Å²) in [7, 11) is 1.38. The van der Waals surface area contributed by atoms with Crippen LogP contribution in [-0.2, 0) is 20.5 Å². The van der Waals surface area contributed by atoms with E-state index in [1.165, 1.54) is 43.7 Å². The Balaban J connectivity index is 1.35. The fraction of sp³-hybridized carbons (Fsp3) is 0.226. The molecule has 3 N–H and O–H groups in total. The zero-order chi connectivity index (χ0) is 35.0. The van der Waals surface area contributed by atoms with E-state index < -0.39 is 52.9 Å². The molecule has 48 heavy (non-hydrogen) atoms. The van der Waals surface area contributed by atoms with Gasteiger partial charge in [0.1, 0.15) is 5.75 Å². The topological polar surface area (TPSA) is 180 Å². The summed E-state index contributed by atoms with van der Waals surface area (Å²) in [6.45, 7) is 2.93. The van der Waals surface area contributed by atoms with Gasteiger partial charge in [0.25, 0.3) is 5.91 Å². The number of hydrogen-bond donors (Lipinski definition) is 3. The zero-order valence-corrected chi connectivity index (χ0v) is 25.5. The lowest BCUT2D eigenvalue weighted by Crippen LogP contribution is -2.45. The number of nitro groups is 1. The van der Waals surface area contributed by atoms with E-state index in [2.05, 4.69) is 21.2 Å². The number of benzene rings is 3. The molecule has 0 radical (unpaired) electrons. The van der Waals surface area contributed by atoms with Crippen LogP contribution in [-0.4, -0.2) is 49.4 Å². The summed E-state index contributed by atoms with van der Waals surface area (Å²) < 4.78 is 60.3. The van der Waals surface area contributed by atoms with E-state index in [1.807, 2.05) is 0 Å². The number of nitrogens with zero attached hydrogens (tertiary/aromatic N) is 2. The number of halogens is 3. The van der Waals surface area contributed by atoms with Crippen LogP contribution >= 0.6 is 0 Å². The van der Waals surface area contributed by atoms with Gasteiger partial charge in [-0.1, -0.05) is 6.07 Å². The number of alkyl halides is 3. The van der Waals surface area contributed by atoms with E-state index in [0.29, 0.717) is 29.0 Å². The maximum absolute atomic E-state index is 12.9. The summed E-state index contributed by atoms with van der Waals surface area (Å²) in [5.74, 6) is -1.07. The Morgan fingerprint density at radius 3 is 2.42 bits per heavy atom.